The van der Waals surface area contributed by atoms with Gasteiger partial charge in [0.25, 0.3) is 0 Å². The lowest BCUT2D eigenvalue weighted by molar-refractivity contribution is -0.00515. The van der Waals surface area contributed by atoms with Crippen molar-refractivity contribution >= 4 is 43.7 Å². The van der Waals surface area contributed by atoms with Crippen molar-refractivity contribution < 1.29 is 4.42 Å². The molecule has 4 fully saturated rings. The fraction of sp³-hybridized carbons (Fsp3) is 0.379. The third-order valence-corrected chi connectivity index (χ3v) is 9.15. The minimum absolute atomic E-state index is 0.414. The SMILES string of the molecule is Cn1c2ccccc2c2ccc3oc4cc(C56CC7CC(CC(C7)C5)C6)ccc4c3c21. The topological polar surface area (TPSA) is 18.1 Å². The Kier molecular flexibility index (Phi) is 3.02. The van der Waals surface area contributed by atoms with Gasteiger partial charge in [-0.2, -0.15) is 0 Å². The van der Waals surface area contributed by atoms with Crippen LogP contribution in [0.2, 0.25) is 0 Å². The Labute approximate surface area is 181 Å². The van der Waals surface area contributed by atoms with E-state index in [1.54, 1.807) is 5.56 Å². The fourth-order valence-corrected chi connectivity index (χ4v) is 8.32. The van der Waals surface area contributed by atoms with Crippen LogP contribution < -0.4 is 0 Å². The second-order valence-corrected chi connectivity index (χ2v) is 10.9. The van der Waals surface area contributed by atoms with Gasteiger partial charge < -0.3 is 8.98 Å². The standard InChI is InChI=1S/C29H27NO/c1-30-24-5-3-2-4-21(24)22-8-9-25-27(28(22)30)23-7-6-20(13-26(23)31-25)29-14-17-10-18(15-29)12-19(11-17)16-29/h2-9,13,17-19H,10-12,14-16H2,1H3. The van der Waals surface area contributed by atoms with Gasteiger partial charge in [0.1, 0.15) is 11.2 Å². The number of furan rings is 1. The molecule has 0 radical (unpaired) electrons. The molecule has 0 atom stereocenters. The molecule has 4 aliphatic carbocycles. The van der Waals surface area contributed by atoms with E-state index in [4.69, 9.17) is 4.42 Å². The summed E-state index contributed by atoms with van der Waals surface area (Å²) in [6.45, 7) is 0. The monoisotopic (exact) mass is 405 g/mol. The molecule has 4 bridgehead atoms. The molecule has 2 heterocycles. The fourth-order valence-electron chi connectivity index (χ4n) is 8.32. The Balaban J connectivity index is 1.38. The lowest BCUT2D eigenvalue weighted by Gasteiger charge is -2.57. The number of benzene rings is 3. The van der Waals surface area contributed by atoms with E-state index in [1.807, 2.05) is 0 Å². The van der Waals surface area contributed by atoms with Crippen LogP contribution in [0.5, 0.6) is 0 Å². The van der Waals surface area contributed by atoms with Crippen LogP contribution in [0.15, 0.2) is 59.0 Å². The number of para-hydroxylation sites is 1. The molecule has 2 heteroatoms. The Bertz CT molecular complexity index is 1500. The van der Waals surface area contributed by atoms with Gasteiger partial charge in [-0.15, -0.1) is 0 Å². The van der Waals surface area contributed by atoms with Gasteiger partial charge in [-0.1, -0.05) is 30.3 Å². The minimum atomic E-state index is 0.414. The van der Waals surface area contributed by atoms with Crippen LogP contribution in [0, 0.1) is 17.8 Å². The molecule has 0 aliphatic heterocycles. The van der Waals surface area contributed by atoms with Crippen LogP contribution in [0.25, 0.3) is 43.7 Å². The van der Waals surface area contributed by atoms with Crippen molar-refractivity contribution in [3.8, 4) is 0 Å². The van der Waals surface area contributed by atoms with Crippen LogP contribution in [-0.2, 0) is 12.5 Å². The van der Waals surface area contributed by atoms with Gasteiger partial charge in [0.15, 0.2) is 0 Å². The van der Waals surface area contributed by atoms with E-state index in [1.165, 1.54) is 71.1 Å². The molecule has 5 aromatic rings. The maximum Gasteiger partial charge on any atom is 0.137 e. The Morgan fingerprint density at radius 2 is 1.48 bits per heavy atom. The van der Waals surface area contributed by atoms with E-state index < -0.39 is 0 Å². The average molecular weight is 406 g/mol. The van der Waals surface area contributed by atoms with Gasteiger partial charge in [0.05, 0.1) is 10.9 Å². The second-order valence-electron chi connectivity index (χ2n) is 10.9. The summed E-state index contributed by atoms with van der Waals surface area (Å²) in [4.78, 5) is 0. The van der Waals surface area contributed by atoms with Gasteiger partial charge in [-0.05, 0) is 91.5 Å². The third-order valence-electron chi connectivity index (χ3n) is 9.15. The van der Waals surface area contributed by atoms with Crippen LogP contribution in [0.4, 0.5) is 0 Å². The zero-order valence-corrected chi connectivity index (χ0v) is 18.0. The van der Waals surface area contributed by atoms with Crippen LogP contribution in [0.1, 0.15) is 44.1 Å². The highest BCUT2D eigenvalue weighted by Crippen LogP contribution is 2.61. The van der Waals surface area contributed by atoms with E-state index in [-0.39, 0.29) is 0 Å². The predicted molar refractivity (Wildman–Crippen MR) is 128 cm³/mol. The number of aryl methyl sites for hydroxylation is 1. The second kappa shape index (κ2) is 5.54. The number of rotatable bonds is 1. The molecular weight excluding hydrogens is 378 g/mol. The molecule has 0 saturated heterocycles. The molecule has 4 aliphatic rings. The summed E-state index contributed by atoms with van der Waals surface area (Å²) in [5.74, 6) is 2.90. The molecule has 3 aromatic carbocycles. The van der Waals surface area contributed by atoms with Gasteiger partial charge >= 0.3 is 0 Å². The van der Waals surface area contributed by atoms with Crippen molar-refractivity contribution in [3.05, 3.63) is 60.2 Å². The summed E-state index contributed by atoms with van der Waals surface area (Å²) in [6.07, 6.45) is 8.68. The van der Waals surface area contributed by atoms with Gasteiger partial charge in [0, 0.05) is 28.7 Å². The smallest absolute Gasteiger partial charge is 0.137 e. The first-order valence-electron chi connectivity index (χ1n) is 12.0. The molecule has 154 valence electrons. The molecule has 9 rings (SSSR count). The molecule has 2 nitrogen and oxygen atoms in total. The highest BCUT2D eigenvalue weighted by Gasteiger charge is 2.51. The quantitative estimate of drug-likeness (QED) is 0.279. The molecule has 0 N–H and O–H groups in total. The summed E-state index contributed by atoms with van der Waals surface area (Å²) < 4.78 is 8.84. The van der Waals surface area contributed by atoms with Crippen LogP contribution in [-0.4, -0.2) is 4.57 Å². The van der Waals surface area contributed by atoms with E-state index in [9.17, 15) is 0 Å². The van der Waals surface area contributed by atoms with E-state index in [0.29, 0.717) is 5.41 Å². The zero-order valence-electron chi connectivity index (χ0n) is 18.0. The molecule has 31 heavy (non-hydrogen) atoms. The van der Waals surface area contributed by atoms with Gasteiger partial charge in [-0.3, -0.25) is 0 Å². The van der Waals surface area contributed by atoms with E-state index in [2.05, 4.69) is 66.2 Å². The Morgan fingerprint density at radius 3 is 2.26 bits per heavy atom. The zero-order chi connectivity index (χ0) is 20.3. The minimum Gasteiger partial charge on any atom is -0.456 e. The summed E-state index contributed by atoms with van der Waals surface area (Å²) >= 11 is 0. The maximum atomic E-state index is 6.50. The van der Waals surface area contributed by atoms with Gasteiger partial charge in [-0.25, -0.2) is 0 Å². The number of aromatic nitrogens is 1. The van der Waals surface area contributed by atoms with Crippen molar-refractivity contribution in [1.29, 1.82) is 0 Å². The average Bonchev–Trinajstić information content (AvgIpc) is 3.28. The van der Waals surface area contributed by atoms with Gasteiger partial charge in [0.2, 0.25) is 0 Å². The van der Waals surface area contributed by atoms with E-state index >= 15 is 0 Å². The number of hydrogen-bond donors (Lipinski definition) is 0. The van der Waals surface area contributed by atoms with Crippen molar-refractivity contribution in [2.75, 3.05) is 0 Å². The van der Waals surface area contributed by atoms with Crippen molar-refractivity contribution in [2.45, 2.75) is 43.9 Å². The number of nitrogens with zero attached hydrogens (tertiary/aromatic N) is 1. The van der Waals surface area contributed by atoms with Crippen molar-refractivity contribution in [3.63, 3.8) is 0 Å². The number of hydrogen-bond acceptors (Lipinski definition) is 1. The lowest BCUT2D eigenvalue weighted by atomic mass is 9.48. The van der Waals surface area contributed by atoms with Crippen LogP contribution in [0.3, 0.4) is 0 Å². The molecule has 4 saturated carbocycles. The van der Waals surface area contributed by atoms with Crippen LogP contribution >= 0.6 is 0 Å². The predicted octanol–water partition coefficient (Wildman–Crippen LogP) is 7.70. The Hall–Kier alpha value is -2.74. The first-order valence-corrected chi connectivity index (χ1v) is 12.0. The normalized spacial score (nSPS) is 29.8. The third kappa shape index (κ3) is 2.09. The Morgan fingerprint density at radius 1 is 0.774 bits per heavy atom. The molecule has 0 spiro atoms. The largest absolute Gasteiger partial charge is 0.456 e. The highest BCUT2D eigenvalue weighted by atomic mass is 16.3. The molecular formula is C29H27NO. The first kappa shape index (κ1) is 16.9. The van der Waals surface area contributed by atoms with Crippen molar-refractivity contribution in [1.82, 2.24) is 4.57 Å². The summed E-state index contributed by atoms with van der Waals surface area (Å²) in [7, 11) is 2.19. The molecule has 2 aromatic heterocycles. The maximum absolute atomic E-state index is 6.50. The first-order chi connectivity index (χ1) is 15.2. The molecule has 0 unspecified atom stereocenters. The number of fused-ring (bicyclic) bond motifs is 7. The summed E-state index contributed by atoms with van der Waals surface area (Å²) in [6, 6.07) is 20.4. The highest BCUT2D eigenvalue weighted by molar-refractivity contribution is 6.23. The molecule has 0 amide bonds. The van der Waals surface area contributed by atoms with Crippen molar-refractivity contribution in [2.24, 2.45) is 24.8 Å². The summed E-state index contributed by atoms with van der Waals surface area (Å²) in [5.41, 5.74) is 6.62. The summed E-state index contributed by atoms with van der Waals surface area (Å²) in [5, 5.41) is 5.17. The lowest BCUT2D eigenvalue weighted by Crippen LogP contribution is -2.48. The van der Waals surface area contributed by atoms with E-state index in [0.717, 1.165) is 28.9 Å².